The van der Waals surface area contributed by atoms with Gasteiger partial charge in [-0.1, -0.05) is 11.6 Å². The van der Waals surface area contributed by atoms with Crippen molar-refractivity contribution < 1.29 is 17.9 Å². The number of hydrogen-bond acceptors (Lipinski definition) is 5. The summed E-state index contributed by atoms with van der Waals surface area (Å²) in [6.45, 7) is 5.37. The molecular formula is C28H23ClF3N5O2. The third-order valence-electron chi connectivity index (χ3n) is 6.31. The number of benzene rings is 1. The van der Waals surface area contributed by atoms with Crippen LogP contribution in [0.15, 0.2) is 59.7 Å². The van der Waals surface area contributed by atoms with Crippen molar-refractivity contribution in [3.63, 3.8) is 0 Å². The SMILES string of the molecule is Cc1cc(Cl)c(COc2ccc3nc(C)cc(-c4n[nH]cc4C)c3c2)c(Cn2cccc(C(F)(F)F)c2=O)n1. The molecule has 0 amide bonds. The van der Waals surface area contributed by atoms with Crippen molar-refractivity contribution in [2.24, 2.45) is 0 Å². The number of H-pyrrole nitrogens is 1. The molecule has 7 nitrogen and oxygen atoms in total. The van der Waals surface area contributed by atoms with E-state index in [1.165, 1.54) is 12.3 Å². The van der Waals surface area contributed by atoms with E-state index < -0.39 is 17.3 Å². The maximum Gasteiger partial charge on any atom is 0.421 e. The van der Waals surface area contributed by atoms with Crippen LogP contribution >= 0.6 is 11.6 Å². The summed E-state index contributed by atoms with van der Waals surface area (Å²) < 4.78 is 46.9. The number of aromatic amines is 1. The predicted molar refractivity (Wildman–Crippen MR) is 142 cm³/mol. The maximum atomic E-state index is 13.3. The first-order chi connectivity index (χ1) is 18.5. The zero-order chi connectivity index (χ0) is 27.9. The van der Waals surface area contributed by atoms with E-state index in [0.717, 1.165) is 44.1 Å². The van der Waals surface area contributed by atoms with Gasteiger partial charge in [0.1, 0.15) is 17.9 Å². The maximum absolute atomic E-state index is 13.3. The number of rotatable bonds is 6. The van der Waals surface area contributed by atoms with Crippen LogP contribution in [-0.2, 0) is 19.3 Å². The molecule has 0 fully saturated rings. The second kappa shape index (κ2) is 10.2. The number of nitrogens with zero attached hydrogens (tertiary/aromatic N) is 4. The largest absolute Gasteiger partial charge is 0.489 e. The summed E-state index contributed by atoms with van der Waals surface area (Å²) in [6.07, 6.45) is -1.65. The number of aryl methyl sites for hydroxylation is 3. The van der Waals surface area contributed by atoms with E-state index in [9.17, 15) is 18.0 Å². The molecule has 4 aromatic heterocycles. The molecule has 0 aliphatic rings. The highest BCUT2D eigenvalue weighted by Crippen LogP contribution is 2.32. The Bertz CT molecular complexity index is 1760. The van der Waals surface area contributed by atoms with Gasteiger partial charge < -0.3 is 9.30 Å². The number of hydrogen-bond donors (Lipinski definition) is 1. The van der Waals surface area contributed by atoms with Crippen molar-refractivity contribution in [3.8, 4) is 17.0 Å². The molecule has 1 N–H and O–H groups in total. The molecule has 4 heterocycles. The number of aromatic nitrogens is 5. The molecule has 200 valence electrons. The van der Waals surface area contributed by atoms with Crippen molar-refractivity contribution in [1.29, 1.82) is 0 Å². The molecule has 11 heteroatoms. The summed E-state index contributed by atoms with van der Waals surface area (Å²) in [4.78, 5) is 21.6. The monoisotopic (exact) mass is 553 g/mol. The molecule has 0 saturated heterocycles. The number of pyridine rings is 3. The van der Waals surface area contributed by atoms with Gasteiger partial charge in [-0.25, -0.2) is 0 Å². The first kappa shape index (κ1) is 26.4. The van der Waals surface area contributed by atoms with Crippen molar-refractivity contribution in [3.05, 3.63) is 104 Å². The molecule has 0 saturated carbocycles. The number of ether oxygens (including phenoxy) is 1. The molecule has 0 aliphatic heterocycles. The molecule has 0 bridgehead atoms. The Hall–Kier alpha value is -4.18. The Kier molecular flexibility index (Phi) is 6.90. The van der Waals surface area contributed by atoms with Crippen molar-refractivity contribution in [2.45, 2.75) is 40.1 Å². The van der Waals surface area contributed by atoms with Crippen LogP contribution < -0.4 is 10.3 Å². The fourth-order valence-electron chi connectivity index (χ4n) is 4.44. The van der Waals surface area contributed by atoms with Gasteiger partial charge in [0, 0.05) is 40.3 Å². The lowest BCUT2D eigenvalue weighted by atomic mass is 10.0. The number of fused-ring (bicyclic) bond motifs is 1. The number of halogens is 4. The average molecular weight is 554 g/mol. The second-order valence-electron chi connectivity index (χ2n) is 9.22. The van der Waals surface area contributed by atoms with Gasteiger partial charge in [-0.15, -0.1) is 0 Å². The Morgan fingerprint density at radius 2 is 1.82 bits per heavy atom. The molecule has 1 aromatic carbocycles. The summed E-state index contributed by atoms with van der Waals surface area (Å²) in [5.41, 5.74) is 3.29. The minimum absolute atomic E-state index is 0.0171. The van der Waals surface area contributed by atoms with Crippen LogP contribution in [-0.4, -0.2) is 24.7 Å². The Morgan fingerprint density at radius 1 is 1.05 bits per heavy atom. The molecule has 5 rings (SSSR count). The van der Waals surface area contributed by atoms with Crippen LogP contribution in [0, 0.1) is 20.8 Å². The third-order valence-corrected chi connectivity index (χ3v) is 6.64. The fraction of sp³-hybridized carbons (Fsp3) is 0.214. The summed E-state index contributed by atoms with van der Waals surface area (Å²) in [7, 11) is 0. The lowest BCUT2D eigenvalue weighted by molar-refractivity contribution is -0.138. The van der Waals surface area contributed by atoms with Gasteiger partial charge in [-0.2, -0.15) is 18.3 Å². The van der Waals surface area contributed by atoms with Gasteiger partial charge in [0.15, 0.2) is 0 Å². The van der Waals surface area contributed by atoms with Gasteiger partial charge in [0.05, 0.1) is 28.5 Å². The molecule has 5 aromatic rings. The normalized spacial score (nSPS) is 11.8. The third kappa shape index (κ3) is 5.37. The van der Waals surface area contributed by atoms with E-state index in [1.807, 2.05) is 38.2 Å². The highest BCUT2D eigenvalue weighted by Gasteiger charge is 2.34. The summed E-state index contributed by atoms with van der Waals surface area (Å²) in [5.74, 6) is 0.529. The summed E-state index contributed by atoms with van der Waals surface area (Å²) in [5, 5.41) is 8.45. The van der Waals surface area contributed by atoms with Crippen LogP contribution in [0.4, 0.5) is 13.2 Å². The Balaban J connectivity index is 1.49. The Morgan fingerprint density at radius 3 is 2.54 bits per heavy atom. The molecule has 0 radical (unpaired) electrons. The second-order valence-corrected chi connectivity index (χ2v) is 9.63. The standard InChI is InChI=1S/C28H23ClF3N5O2/c1-15-12-33-36-26(15)20-9-16(2)34-24-7-6-18(11-19(20)24)39-14-21-23(29)10-17(3)35-25(21)13-37-8-4-5-22(27(37)38)28(30,31)32/h4-12H,13-14H2,1-3H3,(H,33,36). The van der Waals surface area contributed by atoms with E-state index >= 15 is 0 Å². The quantitative estimate of drug-likeness (QED) is 0.263. The van der Waals surface area contributed by atoms with E-state index in [2.05, 4.69) is 20.2 Å². The zero-order valence-electron chi connectivity index (χ0n) is 21.2. The van der Waals surface area contributed by atoms with Crippen LogP contribution in [0.5, 0.6) is 5.75 Å². The zero-order valence-corrected chi connectivity index (χ0v) is 22.0. The highest BCUT2D eigenvalue weighted by atomic mass is 35.5. The first-order valence-corrected chi connectivity index (χ1v) is 12.4. The van der Waals surface area contributed by atoms with Crippen LogP contribution in [0.1, 0.15) is 33.8 Å². The van der Waals surface area contributed by atoms with Gasteiger partial charge >= 0.3 is 6.18 Å². The van der Waals surface area contributed by atoms with Crippen molar-refractivity contribution in [2.75, 3.05) is 0 Å². The minimum atomic E-state index is -4.76. The van der Waals surface area contributed by atoms with Crippen molar-refractivity contribution >= 4 is 22.5 Å². The minimum Gasteiger partial charge on any atom is -0.489 e. The number of nitrogens with one attached hydrogen (secondary N) is 1. The molecule has 0 atom stereocenters. The molecular weight excluding hydrogens is 531 g/mol. The van der Waals surface area contributed by atoms with E-state index in [1.54, 1.807) is 19.1 Å². The van der Waals surface area contributed by atoms with Crippen LogP contribution in [0.2, 0.25) is 5.02 Å². The van der Waals surface area contributed by atoms with Crippen molar-refractivity contribution in [1.82, 2.24) is 24.7 Å². The van der Waals surface area contributed by atoms with E-state index in [4.69, 9.17) is 16.3 Å². The van der Waals surface area contributed by atoms with E-state index in [0.29, 0.717) is 27.7 Å². The molecule has 0 unspecified atom stereocenters. The van der Waals surface area contributed by atoms with Gasteiger partial charge in [0.25, 0.3) is 5.56 Å². The topological polar surface area (TPSA) is 85.7 Å². The highest BCUT2D eigenvalue weighted by molar-refractivity contribution is 6.31. The molecule has 0 aliphatic carbocycles. The van der Waals surface area contributed by atoms with Crippen LogP contribution in [0.25, 0.3) is 22.2 Å². The first-order valence-electron chi connectivity index (χ1n) is 12.0. The lowest BCUT2D eigenvalue weighted by Gasteiger charge is -2.16. The predicted octanol–water partition coefficient (Wildman–Crippen LogP) is 6.41. The van der Waals surface area contributed by atoms with E-state index in [-0.39, 0.29) is 13.2 Å². The van der Waals surface area contributed by atoms with Gasteiger partial charge in [-0.3, -0.25) is 19.9 Å². The Labute approximate surface area is 226 Å². The van der Waals surface area contributed by atoms with Crippen LogP contribution in [0.3, 0.4) is 0 Å². The average Bonchev–Trinajstić information content (AvgIpc) is 3.29. The number of alkyl halides is 3. The lowest BCUT2D eigenvalue weighted by Crippen LogP contribution is -2.29. The van der Waals surface area contributed by atoms with Gasteiger partial charge in [0.2, 0.25) is 0 Å². The summed E-state index contributed by atoms with van der Waals surface area (Å²) >= 11 is 6.52. The molecule has 0 spiro atoms. The molecule has 39 heavy (non-hydrogen) atoms. The van der Waals surface area contributed by atoms with Gasteiger partial charge in [-0.05, 0) is 68.8 Å². The summed E-state index contributed by atoms with van der Waals surface area (Å²) in [6, 6.07) is 11.0. The smallest absolute Gasteiger partial charge is 0.421 e. The fourth-order valence-corrected chi connectivity index (χ4v) is 4.77.